The third-order valence-electron chi connectivity index (χ3n) is 0. The van der Waals surface area contributed by atoms with Crippen molar-refractivity contribution in [1.82, 2.24) is 0 Å². The molecule has 0 bridgehead atoms. The Kier molecular flexibility index (Phi) is 2.96. The Bertz CT molecular complexity index is 26.3. The van der Waals surface area contributed by atoms with Crippen molar-refractivity contribution >= 4 is 0 Å². The molecule has 0 N–H and O–H groups in total. The van der Waals surface area contributed by atoms with Crippen LogP contribution in [0.5, 0.6) is 0 Å². The molecule has 3 nitrogen and oxygen atoms in total. The van der Waals surface area contributed by atoms with Gasteiger partial charge in [0.1, 0.15) is 0 Å². The first-order valence-corrected chi connectivity index (χ1v) is 5.24. The quantitative estimate of drug-likeness (QED) is 0.423. The molecule has 0 aliphatic carbocycles. The van der Waals surface area contributed by atoms with Gasteiger partial charge >= 0.3 is 40.1 Å². The van der Waals surface area contributed by atoms with Crippen molar-refractivity contribution in [3.8, 4) is 0 Å². The van der Waals surface area contributed by atoms with Gasteiger partial charge in [0, 0.05) is 0 Å². The van der Waals surface area contributed by atoms with E-state index < -0.39 is 36.4 Å². The summed E-state index contributed by atoms with van der Waals surface area (Å²) in [6.45, 7) is 0. The minimum atomic E-state index is -4.47. The first kappa shape index (κ1) is 5.08. The van der Waals surface area contributed by atoms with Gasteiger partial charge in [-0.2, -0.15) is 0 Å². The zero-order valence-corrected chi connectivity index (χ0v) is 5.51. The molecule has 0 saturated heterocycles. The SMILES string of the molecule is [O]=[Pr]([O-])[O-]. The summed E-state index contributed by atoms with van der Waals surface area (Å²) in [6, 6.07) is 0. The second-order valence-electron chi connectivity index (χ2n) is 0.289. The van der Waals surface area contributed by atoms with Crippen molar-refractivity contribution in [2.24, 2.45) is 0 Å². The Labute approximate surface area is 39.7 Å². The summed E-state index contributed by atoms with van der Waals surface area (Å²) in [7, 11) is 0. The predicted octanol–water partition coefficient (Wildman–Crippen LogP) is -2.50. The van der Waals surface area contributed by atoms with E-state index in [1.165, 1.54) is 0 Å². The van der Waals surface area contributed by atoms with Crippen molar-refractivity contribution in [2.75, 3.05) is 0 Å². The van der Waals surface area contributed by atoms with E-state index >= 15 is 0 Å². The summed E-state index contributed by atoms with van der Waals surface area (Å²) in [5.74, 6) is 0. The standard InChI is InChI=1S/3O.Pr/q;2*-1;. The number of hydrogen-bond acceptors (Lipinski definition) is 3. The molecule has 0 aromatic heterocycles. The summed E-state index contributed by atoms with van der Waals surface area (Å²) in [5.41, 5.74) is 0. The molecule has 4 heavy (non-hydrogen) atoms. The number of hydrogen-bond donors (Lipinski definition) is 0. The molecule has 0 aromatic rings. The van der Waals surface area contributed by atoms with E-state index in [1.807, 2.05) is 0 Å². The van der Waals surface area contributed by atoms with E-state index in [0.29, 0.717) is 0 Å². The molecule has 0 aromatic carbocycles. The summed E-state index contributed by atoms with van der Waals surface area (Å²) >= 11 is -4.47. The predicted molar refractivity (Wildman–Crippen MR) is 0.686 cm³/mol. The third-order valence-corrected chi connectivity index (χ3v) is 0. The van der Waals surface area contributed by atoms with Gasteiger partial charge in [-0.25, -0.2) is 0 Å². The summed E-state index contributed by atoms with van der Waals surface area (Å²) < 4.78 is 25.9. The maximum atomic E-state index is 8.64. The molecule has 0 heterocycles. The zero-order chi connectivity index (χ0) is 3.58. The van der Waals surface area contributed by atoms with Gasteiger partial charge in [0.05, 0.1) is 0 Å². The van der Waals surface area contributed by atoms with Gasteiger partial charge in [-0.05, 0) is 0 Å². The summed E-state index contributed by atoms with van der Waals surface area (Å²) in [4.78, 5) is 0. The molecule has 0 aliphatic rings. The van der Waals surface area contributed by atoms with Gasteiger partial charge in [0.15, 0.2) is 0 Å². The van der Waals surface area contributed by atoms with Crippen LogP contribution in [0.1, 0.15) is 0 Å². The fraction of sp³-hybridized carbons (Fsp3) is 0. The van der Waals surface area contributed by atoms with Crippen LogP contribution in [0.15, 0.2) is 0 Å². The average molecular weight is 189 g/mol. The van der Waals surface area contributed by atoms with Gasteiger partial charge in [-0.1, -0.05) is 0 Å². The molecule has 0 unspecified atom stereocenters. The van der Waals surface area contributed by atoms with E-state index in [2.05, 4.69) is 0 Å². The molecular weight excluding hydrogens is 189 g/mol. The molecule has 0 spiro atoms. The molecule has 0 radical (unpaired) electrons. The minimum absolute atomic E-state index is 4.47. The molecule has 0 rings (SSSR count). The van der Waals surface area contributed by atoms with E-state index in [0.717, 1.165) is 0 Å². The Hall–Kier alpha value is 1.08. The second kappa shape index (κ2) is 2.33. The Morgan fingerprint density at radius 1 is 1.50 bits per heavy atom. The van der Waals surface area contributed by atoms with Crippen molar-refractivity contribution in [3.05, 3.63) is 0 Å². The first-order chi connectivity index (χ1) is 1.73. The van der Waals surface area contributed by atoms with Crippen LogP contribution in [-0.2, 0) is 0.995 Å². The first-order valence-electron chi connectivity index (χ1n) is 0.707. The Morgan fingerprint density at radius 2 is 1.50 bits per heavy atom. The summed E-state index contributed by atoms with van der Waals surface area (Å²) in [6.07, 6.45) is 0. The van der Waals surface area contributed by atoms with Crippen LogP contribution in [-0.4, -0.2) is 0 Å². The second-order valence-corrected chi connectivity index (χ2v) is 2.14. The maximum absolute atomic E-state index is 8.64. The Balaban J connectivity index is 2.80. The molecule has 4 heteroatoms. The van der Waals surface area contributed by atoms with E-state index in [-0.39, 0.29) is 0 Å². The van der Waals surface area contributed by atoms with Crippen molar-refractivity contribution in [3.63, 3.8) is 0 Å². The third kappa shape index (κ3) is 11.4. The molecule has 0 amide bonds. The molecule has 0 fully saturated rings. The van der Waals surface area contributed by atoms with Crippen LogP contribution in [0.2, 0.25) is 0 Å². The van der Waals surface area contributed by atoms with Gasteiger partial charge in [-0.3, -0.25) is 0 Å². The zero-order valence-electron chi connectivity index (χ0n) is 1.80. The van der Waals surface area contributed by atoms with Gasteiger partial charge in [0.2, 0.25) is 0 Å². The van der Waals surface area contributed by atoms with Gasteiger partial charge < -0.3 is 0 Å². The molecule has 0 atom stereocenters. The number of rotatable bonds is 0. The van der Waals surface area contributed by atoms with Crippen molar-refractivity contribution in [2.45, 2.75) is 0 Å². The van der Waals surface area contributed by atoms with E-state index in [1.54, 1.807) is 0 Å². The van der Waals surface area contributed by atoms with Crippen LogP contribution in [0.4, 0.5) is 0 Å². The van der Waals surface area contributed by atoms with Crippen molar-refractivity contribution < 1.29 is 40.1 Å². The van der Waals surface area contributed by atoms with E-state index in [4.69, 9.17) is 3.75 Å². The molecule has 0 saturated carbocycles. The van der Waals surface area contributed by atoms with Crippen LogP contribution in [0.3, 0.4) is 0 Å². The fourth-order valence-electron chi connectivity index (χ4n) is 0. The average Bonchev–Trinajstić information content (AvgIpc) is 0.811. The topological polar surface area (TPSA) is 63.2 Å². The molecule has 23 valence electrons. The van der Waals surface area contributed by atoms with E-state index in [9.17, 15) is 0 Å². The summed E-state index contributed by atoms with van der Waals surface area (Å²) in [5, 5.41) is 0. The normalized spacial score (nSPS) is 6.50. The van der Waals surface area contributed by atoms with Gasteiger partial charge in [-0.15, -0.1) is 0 Å². The van der Waals surface area contributed by atoms with Gasteiger partial charge in [0.25, 0.3) is 0 Å². The molecular formula is O3Pr-2. The van der Waals surface area contributed by atoms with Crippen LogP contribution in [0.25, 0.3) is 0 Å². The Morgan fingerprint density at radius 3 is 1.50 bits per heavy atom. The fourth-order valence-corrected chi connectivity index (χ4v) is 0. The van der Waals surface area contributed by atoms with Crippen LogP contribution in [0, 0.1) is 36.4 Å². The monoisotopic (exact) mass is 189 g/mol. The van der Waals surface area contributed by atoms with Crippen molar-refractivity contribution in [1.29, 1.82) is 0 Å². The van der Waals surface area contributed by atoms with Crippen LogP contribution >= 0.6 is 0 Å². The molecule has 0 aliphatic heterocycles. The van der Waals surface area contributed by atoms with Crippen LogP contribution < -0.4 is 2.75 Å².